The van der Waals surface area contributed by atoms with E-state index in [1.165, 1.54) is 42.5 Å². The second-order valence-corrected chi connectivity index (χ2v) is 8.21. The molecule has 0 saturated carbocycles. The molecule has 0 aliphatic rings. The van der Waals surface area contributed by atoms with Crippen LogP contribution in [0.3, 0.4) is 0 Å². The van der Waals surface area contributed by atoms with E-state index in [4.69, 9.17) is 11.6 Å². The van der Waals surface area contributed by atoms with Gasteiger partial charge in [-0.3, -0.25) is 0 Å². The highest BCUT2D eigenvalue weighted by molar-refractivity contribution is 7.92. The third-order valence-corrected chi connectivity index (χ3v) is 6.02. The van der Waals surface area contributed by atoms with Crippen LogP contribution in [0.2, 0.25) is 5.02 Å². The molecule has 0 spiro atoms. The van der Waals surface area contributed by atoms with Gasteiger partial charge in [0.15, 0.2) is 5.82 Å². The maximum absolute atomic E-state index is 14.2. The molecule has 4 nitrogen and oxygen atoms in total. The van der Waals surface area contributed by atoms with Gasteiger partial charge in [0.25, 0.3) is 10.0 Å². The van der Waals surface area contributed by atoms with Crippen molar-refractivity contribution in [1.82, 2.24) is 4.98 Å². The fraction of sp³-hybridized carbons (Fsp3) is 0.105. The number of hydrogen-bond acceptors (Lipinski definition) is 3. The van der Waals surface area contributed by atoms with Crippen molar-refractivity contribution in [2.24, 2.45) is 0 Å². The Hall–Kier alpha value is -2.65. The average molecular weight is 445 g/mol. The van der Waals surface area contributed by atoms with Crippen LogP contribution >= 0.6 is 11.6 Å². The molecule has 29 heavy (non-hydrogen) atoms. The Morgan fingerprint density at radius 1 is 1.00 bits per heavy atom. The number of aromatic nitrogens is 1. The molecule has 10 heteroatoms. The van der Waals surface area contributed by atoms with E-state index in [0.29, 0.717) is 16.6 Å². The molecule has 3 aromatic rings. The monoisotopic (exact) mass is 444 g/mol. The van der Waals surface area contributed by atoms with Gasteiger partial charge in [-0.1, -0.05) is 48.0 Å². The Morgan fingerprint density at radius 2 is 1.62 bits per heavy atom. The standard InChI is InChI=1S/C19H13ClF4N2O2S/c20-16-10-14(19(22,23)24)11-25-18(16)26(12-13-6-4-5-9-17(13)21)29(27,28)15-7-2-1-3-8-15/h1-11H,12H2. The maximum Gasteiger partial charge on any atom is 0.417 e. The number of halogens is 5. The molecule has 0 aliphatic carbocycles. The van der Waals surface area contributed by atoms with Crippen molar-refractivity contribution in [2.75, 3.05) is 4.31 Å². The van der Waals surface area contributed by atoms with Crippen molar-refractivity contribution in [3.05, 3.63) is 88.8 Å². The minimum Gasteiger partial charge on any atom is -0.244 e. The predicted octanol–water partition coefficient (Wildman–Crippen LogP) is 5.29. The fourth-order valence-electron chi connectivity index (χ4n) is 2.54. The van der Waals surface area contributed by atoms with Crippen molar-refractivity contribution in [2.45, 2.75) is 17.6 Å². The first-order valence-electron chi connectivity index (χ1n) is 8.14. The van der Waals surface area contributed by atoms with Crippen LogP contribution in [0.15, 0.2) is 71.8 Å². The van der Waals surface area contributed by atoms with E-state index in [9.17, 15) is 26.0 Å². The van der Waals surface area contributed by atoms with Crippen molar-refractivity contribution in [1.29, 1.82) is 0 Å². The number of alkyl halides is 3. The first kappa shape index (κ1) is 21.1. The van der Waals surface area contributed by atoms with E-state index in [2.05, 4.69) is 4.98 Å². The third-order valence-electron chi connectivity index (χ3n) is 3.99. The first-order valence-corrected chi connectivity index (χ1v) is 9.96. The number of benzene rings is 2. The smallest absolute Gasteiger partial charge is 0.244 e. The Morgan fingerprint density at radius 3 is 2.21 bits per heavy atom. The quantitative estimate of drug-likeness (QED) is 0.502. The molecule has 3 rings (SSSR count). The number of nitrogens with zero attached hydrogens (tertiary/aromatic N) is 2. The van der Waals surface area contributed by atoms with Crippen LogP contribution in [0.1, 0.15) is 11.1 Å². The van der Waals surface area contributed by atoms with Crippen molar-refractivity contribution in [3.63, 3.8) is 0 Å². The van der Waals surface area contributed by atoms with Gasteiger partial charge in [-0.05, 0) is 24.3 Å². The Bertz CT molecular complexity index is 1120. The second kappa shape index (κ2) is 8.00. The third kappa shape index (κ3) is 4.51. The second-order valence-electron chi connectivity index (χ2n) is 5.94. The molecule has 0 N–H and O–H groups in total. The average Bonchev–Trinajstić information content (AvgIpc) is 2.67. The van der Waals surface area contributed by atoms with Gasteiger partial charge in [0.1, 0.15) is 5.82 Å². The number of anilines is 1. The van der Waals surface area contributed by atoms with Crippen LogP contribution in [-0.4, -0.2) is 13.4 Å². The van der Waals surface area contributed by atoms with Gasteiger partial charge >= 0.3 is 6.18 Å². The largest absolute Gasteiger partial charge is 0.417 e. The summed E-state index contributed by atoms with van der Waals surface area (Å²) in [6.07, 6.45) is -4.22. The highest BCUT2D eigenvalue weighted by Gasteiger charge is 2.34. The molecule has 0 aliphatic heterocycles. The summed E-state index contributed by atoms with van der Waals surface area (Å²) < 4.78 is 79.9. The fourth-order valence-corrected chi connectivity index (χ4v) is 4.30. The van der Waals surface area contributed by atoms with E-state index >= 15 is 0 Å². The summed E-state index contributed by atoms with van der Waals surface area (Å²) in [6, 6.07) is 13.2. The highest BCUT2D eigenvalue weighted by Crippen LogP contribution is 2.36. The van der Waals surface area contributed by atoms with E-state index < -0.39 is 45.0 Å². The lowest BCUT2D eigenvalue weighted by atomic mass is 10.2. The molecule has 0 saturated heterocycles. The summed E-state index contributed by atoms with van der Waals surface area (Å²) in [6.45, 7) is -0.512. The molecule has 1 aromatic heterocycles. The summed E-state index contributed by atoms with van der Waals surface area (Å²) in [4.78, 5) is 3.49. The van der Waals surface area contributed by atoms with Crippen LogP contribution in [-0.2, 0) is 22.7 Å². The molecule has 0 amide bonds. The zero-order chi connectivity index (χ0) is 21.2. The molecule has 0 bridgehead atoms. The molecular weight excluding hydrogens is 432 g/mol. The number of rotatable bonds is 5. The van der Waals surface area contributed by atoms with Gasteiger partial charge in [-0.15, -0.1) is 0 Å². The van der Waals surface area contributed by atoms with Crippen molar-refractivity contribution < 1.29 is 26.0 Å². The number of pyridine rings is 1. The van der Waals surface area contributed by atoms with Gasteiger partial charge < -0.3 is 0 Å². The summed E-state index contributed by atoms with van der Waals surface area (Å²) in [5.74, 6) is -1.12. The molecule has 1 heterocycles. The first-order chi connectivity index (χ1) is 13.6. The van der Waals surface area contributed by atoms with Gasteiger partial charge in [-0.2, -0.15) is 13.2 Å². The normalized spacial score (nSPS) is 12.0. The van der Waals surface area contributed by atoms with Gasteiger partial charge in [0.05, 0.1) is 22.0 Å². The van der Waals surface area contributed by atoms with Crippen molar-refractivity contribution in [3.8, 4) is 0 Å². The Labute approximate surface area is 169 Å². The SMILES string of the molecule is O=S(=O)(c1ccccc1)N(Cc1ccccc1F)c1ncc(C(F)(F)F)cc1Cl. The Balaban J connectivity index is 2.15. The van der Waals surface area contributed by atoms with E-state index in [1.54, 1.807) is 6.07 Å². The zero-order valence-corrected chi connectivity index (χ0v) is 16.1. The van der Waals surface area contributed by atoms with E-state index in [-0.39, 0.29) is 10.5 Å². The van der Waals surface area contributed by atoms with Crippen molar-refractivity contribution >= 4 is 27.4 Å². The maximum atomic E-state index is 14.2. The lowest BCUT2D eigenvalue weighted by molar-refractivity contribution is -0.137. The summed E-state index contributed by atoms with van der Waals surface area (Å²) in [5, 5.41) is -0.532. The lowest BCUT2D eigenvalue weighted by Crippen LogP contribution is -2.32. The van der Waals surface area contributed by atoms with Gasteiger partial charge in [-0.25, -0.2) is 22.1 Å². The number of hydrogen-bond donors (Lipinski definition) is 0. The molecule has 0 atom stereocenters. The predicted molar refractivity (Wildman–Crippen MR) is 100 cm³/mol. The van der Waals surface area contributed by atoms with E-state index in [0.717, 1.165) is 6.07 Å². The zero-order valence-electron chi connectivity index (χ0n) is 14.6. The van der Waals surface area contributed by atoms with Crippen LogP contribution < -0.4 is 4.31 Å². The lowest BCUT2D eigenvalue weighted by Gasteiger charge is -2.25. The minimum absolute atomic E-state index is 0.00442. The van der Waals surface area contributed by atoms with Crippen LogP contribution in [0.5, 0.6) is 0 Å². The molecule has 0 radical (unpaired) electrons. The molecule has 2 aromatic carbocycles. The topological polar surface area (TPSA) is 50.3 Å². The Kier molecular flexibility index (Phi) is 5.81. The minimum atomic E-state index is -4.70. The summed E-state index contributed by atoms with van der Waals surface area (Å²) >= 11 is 5.97. The summed E-state index contributed by atoms with van der Waals surface area (Å²) in [7, 11) is -4.30. The molecule has 152 valence electrons. The van der Waals surface area contributed by atoms with Gasteiger partial charge in [0, 0.05) is 11.8 Å². The molecular formula is C19H13ClF4N2O2S. The van der Waals surface area contributed by atoms with Gasteiger partial charge in [0.2, 0.25) is 0 Å². The van der Waals surface area contributed by atoms with Crippen LogP contribution in [0.4, 0.5) is 23.4 Å². The highest BCUT2D eigenvalue weighted by atomic mass is 35.5. The molecule has 0 fully saturated rings. The summed E-state index contributed by atoms with van der Waals surface area (Å²) in [5.41, 5.74) is -1.13. The van der Waals surface area contributed by atoms with Crippen LogP contribution in [0, 0.1) is 5.82 Å². The van der Waals surface area contributed by atoms with Crippen LogP contribution in [0.25, 0.3) is 0 Å². The molecule has 0 unspecified atom stereocenters. The van der Waals surface area contributed by atoms with E-state index in [1.807, 2.05) is 0 Å². The number of sulfonamides is 1.